The molecule has 1 aromatic carbocycles. The molecule has 1 aromatic rings. The van der Waals surface area contributed by atoms with Crippen LogP contribution in [0.2, 0.25) is 0 Å². The SMILES string of the molecule is O=C(Cc1ccccc1I)NC1CC(C(=O)O)C1. The van der Waals surface area contributed by atoms with E-state index in [2.05, 4.69) is 27.9 Å². The lowest BCUT2D eigenvalue weighted by Crippen LogP contribution is -2.47. The number of aliphatic carboxylic acids is 1. The molecule has 1 aliphatic carbocycles. The summed E-state index contributed by atoms with van der Waals surface area (Å²) in [6.07, 6.45) is 1.45. The average molecular weight is 359 g/mol. The Bertz CT molecular complexity index is 469. The van der Waals surface area contributed by atoms with Crippen molar-refractivity contribution in [2.75, 3.05) is 0 Å². The van der Waals surface area contributed by atoms with Gasteiger partial charge < -0.3 is 10.4 Å². The van der Waals surface area contributed by atoms with Crippen LogP contribution in [0, 0.1) is 9.49 Å². The molecule has 0 aromatic heterocycles. The van der Waals surface area contributed by atoms with Crippen molar-refractivity contribution in [3.05, 3.63) is 33.4 Å². The minimum absolute atomic E-state index is 0.0278. The van der Waals surface area contributed by atoms with E-state index in [1.807, 2.05) is 24.3 Å². The summed E-state index contributed by atoms with van der Waals surface area (Å²) in [6.45, 7) is 0. The third kappa shape index (κ3) is 3.22. The molecule has 0 saturated heterocycles. The molecular formula is C13H14INO3. The second-order valence-corrected chi connectivity index (χ2v) is 5.70. The summed E-state index contributed by atoms with van der Waals surface area (Å²) in [5.41, 5.74) is 1.00. The van der Waals surface area contributed by atoms with E-state index in [0.29, 0.717) is 19.3 Å². The van der Waals surface area contributed by atoms with E-state index < -0.39 is 5.97 Å². The maximum atomic E-state index is 11.8. The topological polar surface area (TPSA) is 66.4 Å². The molecule has 0 heterocycles. The Morgan fingerprint density at radius 3 is 2.61 bits per heavy atom. The number of carbonyl (C=O) groups is 2. The van der Waals surface area contributed by atoms with E-state index in [1.165, 1.54) is 0 Å². The molecule has 0 spiro atoms. The maximum absolute atomic E-state index is 11.8. The van der Waals surface area contributed by atoms with E-state index in [9.17, 15) is 9.59 Å². The van der Waals surface area contributed by atoms with Crippen molar-refractivity contribution in [1.82, 2.24) is 5.32 Å². The lowest BCUT2D eigenvalue weighted by atomic mass is 9.80. The highest BCUT2D eigenvalue weighted by Gasteiger charge is 2.35. The Kier molecular flexibility index (Phi) is 4.21. The number of hydrogen-bond donors (Lipinski definition) is 2. The lowest BCUT2D eigenvalue weighted by molar-refractivity contribution is -0.146. The second-order valence-electron chi connectivity index (χ2n) is 4.54. The summed E-state index contributed by atoms with van der Waals surface area (Å²) >= 11 is 2.20. The fraction of sp³-hybridized carbons (Fsp3) is 0.385. The van der Waals surface area contributed by atoms with Crippen molar-refractivity contribution in [3.8, 4) is 0 Å². The zero-order valence-corrected chi connectivity index (χ0v) is 11.9. The van der Waals surface area contributed by atoms with Crippen molar-refractivity contribution < 1.29 is 14.7 Å². The number of rotatable bonds is 4. The number of carbonyl (C=O) groups excluding carboxylic acids is 1. The van der Waals surface area contributed by atoms with Crippen LogP contribution in [-0.4, -0.2) is 23.0 Å². The second kappa shape index (κ2) is 5.69. The quantitative estimate of drug-likeness (QED) is 0.806. The average Bonchev–Trinajstić information content (AvgIpc) is 2.25. The largest absolute Gasteiger partial charge is 0.481 e. The number of halogens is 1. The van der Waals surface area contributed by atoms with E-state index in [-0.39, 0.29) is 17.9 Å². The third-order valence-corrected chi connectivity index (χ3v) is 4.21. The van der Waals surface area contributed by atoms with Gasteiger partial charge in [-0.3, -0.25) is 9.59 Å². The van der Waals surface area contributed by atoms with Gasteiger partial charge in [-0.25, -0.2) is 0 Å². The Labute approximate surface area is 119 Å². The normalized spacial score (nSPS) is 22.1. The molecule has 18 heavy (non-hydrogen) atoms. The standard InChI is InChI=1S/C13H14INO3/c14-11-4-2-1-3-8(11)7-12(16)15-10-5-9(6-10)13(17)18/h1-4,9-10H,5-7H2,(H,15,16)(H,17,18). The van der Waals surface area contributed by atoms with Gasteiger partial charge in [-0.1, -0.05) is 18.2 Å². The molecule has 96 valence electrons. The van der Waals surface area contributed by atoms with Crippen LogP contribution in [0.5, 0.6) is 0 Å². The molecule has 0 bridgehead atoms. The minimum Gasteiger partial charge on any atom is -0.481 e. The molecule has 4 nitrogen and oxygen atoms in total. The Morgan fingerprint density at radius 2 is 2.00 bits per heavy atom. The van der Waals surface area contributed by atoms with Crippen molar-refractivity contribution in [2.24, 2.45) is 5.92 Å². The highest BCUT2D eigenvalue weighted by molar-refractivity contribution is 14.1. The molecular weight excluding hydrogens is 345 g/mol. The minimum atomic E-state index is -0.766. The van der Waals surface area contributed by atoms with E-state index in [1.54, 1.807) is 0 Å². The van der Waals surface area contributed by atoms with Crippen LogP contribution in [0.4, 0.5) is 0 Å². The van der Waals surface area contributed by atoms with Crippen LogP contribution in [0.1, 0.15) is 18.4 Å². The summed E-state index contributed by atoms with van der Waals surface area (Å²) < 4.78 is 1.07. The molecule has 0 unspecified atom stereocenters. The van der Waals surface area contributed by atoms with Crippen LogP contribution in [0.3, 0.4) is 0 Å². The van der Waals surface area contributed by atoms with Crippen LogP contribution < -0.4 is 5.32 Å². The predicted molar refractivity (Wildman–Crippen MR) is 75.2 cm³/mol. The zero-order valence-electron chi connectivity index (χ0n) is 9.73. The van der Waals surface area contributed by atoms with Crippen molar-refractivity contribution >= 4 is 34.5 Å². The number of amides is 1. The van der Waals surface area contributed by atoms with Gasteiger partial charge in [0, 0.05) is 9.61 Å². The first-order valence-corrected chi connectivity index (χ1v) is 6.89. The predicted octanol–water partition coefficient (Wildman–Crippen LogP) is 1.81. The molecule has 1 saturated carbocycles. The molecule has 0 aliphatic heterocycles. The fourth-order valence-electron chi connectivity index (χ4n) is 2.03. The van der Waals surface area contributed by atoms with Gasteiger partial charge >= 0.3 is 5.97 Å². The van der Waals surface area contributed by atoms with Gasteiger partial charge in [0.2, 0.25) is 5.91 Å². The molecule has 1 aliphatic rings. The molecule has 0 radical (unpaired) electrons. The van der Waals surface area contributed by atoms with Crippen molar-refractivity contribution in [2.45, 2.75) is 25.3 Å². The summed E-state index contributed by atoms with van der Waals surface area (Å²) in [4.78, 5) is 22.4. The van der Waals surface area contributed by atoms with Crippen molar-refractivity contribution in [3.63, 3.8) is 0 Å². The number of nitrogens with one attached hydrogen (secondary N) is 1. The van der Waals surface area contributed by atoms with Crippen LogP contribution in [-0.2, 0) is 16.0 Å². The molecule has 2 N–H and O–H groups in total. The Balaban J connectivity index is 1.80. The van der Waals surface area contributed by atoms with Gasteiger partial charge in [0.15, 0.2) is 0 Å². The number of carboxylic acid groups (broad SMARTS) is 1. The van der Waals surface area contributed by atoms with Gasteiger partial charge in [0.1, 0.15) is 0 Å². The van der Waals surface area contributed by atoms with E-state index in [0.717, 1.165) is 9.13 Å². The first-order chi connectivity index (χ1) is 8.56. The van der Waals surface area contributed by atoms with Gasteiger partial charge in [0.05, 0.1) is 12.3 Å². The third-order valence-electron chi connectivity index (χ3n) is 3.16. The zero-order chi connectivity index (χ0) is 13.1. The van der Waals surface area contributed by atoms with Crippen LogP contribution in [0.15, 0.2) is 24.3 Å². The van der Waals surface area contributed by atoms with Crippen LogP contribution in [0.25, 0.3) is 0 Å². The van der Waals surface area contributed by atoms with E-state index >= 15 is 0 Å². The first-order valence-electron chi connectivity index (χ1n) is 5.82. The van der Waals surface area contributed by atoms with Gasteiger partial charge in [-0.05, 0) is 47.1 Å². The highest BCUT2D eigenvalue weighted by atomic mass is 127. The van der Waals surface area contributed by atoms with Crippen molar-refractivity contribution in [1.29, 1.82) is 0 Å². The molecule has 2 rings (SSSR count). The summed E-state index contributed by atoms with van der Waals surface area (Å²) in [5.74, 6) is -1.08. The van der Waals surface area contributed by atoms with E-state index in [4.69, 9.17) is 5.11 Å². The summed E-state index contributed by atoms with van der Waals surface area (Å²) in [6, 6.07) is 7.77. The Morgan fingerprint density at radius 1 is 1.33 bits per heavy atom. The Hall–Kier alpha value is -1.11. The monoisotopic (exact) mass is 359 g/mol. The lowest BCUT2D eigenvalue weighted by Gasteiger charge is -2.32. The maximum Gasteiger partial charge on any atom is 0.306 e. The van der Waals surface area contributed by atoms with Gasteiger partial charge in [-0.15, -0.1) is 0 Å². The number of hydrogen-bond acceptors (Lipinski definition) is 2. The molecule has 0 atom stereocenters. The first kappa shape index (κ1) is 13.3. The number of benzene rings is 1. The summed E-state index contributed by atoms with van der Waals surface area (Å²) in [7, 11) is 0. The number of carboxylic acids is 1. The molecule has 1 fully saturated rings. The highest BCUT2D eigenvalue weighted by Crippen LogP contribution is 2.27. The molecule has 1 amide bonds. The smallest absolute Gasteiger partial charge is 0.306 e. The molecule has 5 heteroatoms. The summed E-state index contributed by atoms with van der Waals surface area (Å²) in [5, 5.41) is 11.6. The van der Waals surface area contributed by atoms with Gasteiger partial charge in [0.25, 0.3) is 0 Å². The fourth-order valence-corrected chi connectivity index (χ4v) is 2.61. The van der Waals surface area contributed by atoms with Gasteiger partial charge in [-0.2, -0.15) is 0 Å². The van der Waals surface area contributed by atoms with Crippen LogP contribution >= 0.6 is 22.6 Å².